The fourth-order valence-corrected chi connectivity index (χ4v) is 4.93. The van der Waals surface area contributed by atoms with Gasteiger partial charge in [-0.05, 0) is 54.3 Å². The van der Waals surface area contributed by atoms with Gasteiger partial charge in [-0.3, -0.25) is 24.2 Å². The molecule has 1 heterocycles. The summed E-state index contributed by atoms with van der Waals surface area (Å²) in [6.07, 6.45) is 3.54. The van der Waals surface area contributed by atoms with E-state index in [0.29, 0.717) is 35.3 Å². The van der Waals surface area contributed by atoms with Crippen molar-refractivity contribution >= 4 is 41.0 Å². The van der Waals surface area contributed by atoms with E-state index < -0.39 is 17.8 Å². The van der Waals surface area contributed by atoms with Crippen molar-refractivity contribution in [2.75, 3.05) is 19.7 Å². The van der Waals surface area contributed by atoms with Crippen molar-refractivity contribution < 1.29 is 28.6 Å². The highest BCUT2D eigenvalue weighted by molar-refractivity contribution is 6.32. The van der Waals surface area contributed by atoms with Crippen molar-refractivity contribution in [3.05, 3.63) is 63.4 Å². The number of carboxylic acid groups (broad SMARTS) is 1. The number of carbonyl (C=O) groups excluding carboxylic acids is 2. The molecule has 0 unspecified atom stereocenters. The molecule has 7 nitrogen and oxygen atoms in total. The number of imide groups is 1. The molecule has 1 aliphatic carbocycles. The van der Waals surface area contributed by atoms with Crippen LogP contribution in [0.2, 0.25) is 10.0 Å². The monoisotopic (exact) mass is 550 g/mol. The third-order valence-electron chi connectivity index (χ3n) is 6.77. The Balaban J connectivity index is 1.47. The van der Waals surface area contributed by atoms with Gasteiger partial charge >= 0.3 is 5.97 Å². The zero-order valence-corrected chi connectivity index (χ0v) is 21.8. The zero-order chi connectivity index (χ0) is 26.5. The van der Waals surface area contributed by atoms with Crippen molar-refractivity contribution in [2.45, 2.75) is 51.1 Å². The second-order valence-corrected chi connectivity index (χ2v) is 10.4. The Morgan fingerprint density at radius 2 is 1.84 bits per heavy atom. The Kier molecular flexibility index (Phi) is 9.05. The first-order valence-electron chi connectivity index (χ1n) is 12.4. The van der Waals surface area contributed by atoms with Gasteiger partial charge in [-0.1, -0.05) is 48.2 Å². The van der Waals surface area contributed by atoms with Crippen LogP contribution >= 0.6 is 23.2 Å². The van der Waals surface area contributed by atoms with Gasteiger partial charge in [0.1, 0.15) is 18.2 Å². The predicted octanol–water partition coefficient (Wildman–Crippen LogP) is 5.48. The molecule has 2 amide bonds. The summed E-state index contributed by atoms with van der Waals surface area (Å²) in [6, 6.07) is 9.20. The number of hydrogen-bond acceptors (Lipinski definition) is 5. The molecule has 1 saturated heterocycles. The number of hydrogen-bond donors (Lipinski definition) is 1. The highest BCUT2D eigenvalue weighted by Gasteiger charge is 2.29. The number of carboxylic acids is 1. The number of aliphatic carboxylic acids is 1. The minimum absolute atomic E-state index is 0.0109. The van der Waals surface area contributed by atoms with Crippen LogP contribution in [-0.4, -0.2) is 52.4 Å². The summed E-state index contributed by atoms with van der Waals surface area (Å²) in [5, 5.41) is 9.97. The molecule has 1 N–H and O–H groups in total. The first-order valence-corrected chi connectivity index (χ1v) is 13.1. The van der Waals surface area contributed by atoms with E-state index in [1.54, 1.807) is 18.2 Å². The molecule has 2 aromatic rings. The van der Waals surface area contributed by atoms with Gasteiger partial charge in [-0.25, -0.2) is 4.39 Å². The molecule has 4 rings (SSSR count). The van der Waals surface area contributed by atoms with Crippen LogP contribution in [0, 0.1) is 11.7 Å². The second kappa shape index (κ2) is 12.2. The average molecular weight is 551 g/mol. The zero-order valence-electron chi connectivity index (χ0n) is 20.3. The molecule has 0 aromatic heterocycles. The van der Waals surface area contributed by atoms with E-state index in [4.69, 9.17) is 27.9 Å². The van der Waals surface area contributed by atoms with Gasteiger partial charge < -0.3 is 9.84 Å². The maximum atomic E-state index is 14.3. The Bertz CT molecular complexity index is 1160. The molecule has 198 valence electrons. The lowest BCUT2D eigenvalue weighted by atomic mass is 10.00. The van der Waals surface area contributed by atoms with Crippen molar-refractivity contribution in [3.8, 4) is 5.75 Å². The number of ether oxygens (including phenoxy) is 1. The van der Waals surface area contributed by atoms with Crippen molar-refractivity contribution in [2.24, 2.45) is 5.92 Å². The van der Waals surface area contributed by atoms with E-state index in [9.17, 15) is 23.9 Å². The largest absolute Gasteiger partial charge is 0.490 e. The van der Waals surface area contributed by atoms with Crippen molar-refractivity contribution in [3.63, 3.8) is 0 Å². The molecule has 10 heteroatoms. The lowest BCUT2D eigenvalue weighted by Gasteiger charge is -2.32. The van der Waals surface area contributed by atoms with E-state index in [2.05, 4.69) is 0 Å². The predicted molar refractivity (Wildman–Crippen MR) is 137 cm³/mol. The molecule has 0 radical (unpaired) electrons. The van der Waals surface area contributed by atoms with Gasteiger partial charge in [0, 0.05) is 25.4 Å². The summed E-state index contributed by atoms with van der Waals surface area (Å²) in [6.45, 7) is 1.36. The number of halogens is 3. The number of likely N-dealkylation sites (tertiary alicyclic amines) is 1. The molecule has 0 spiro atoms. The van der Waals surface area contributed by atoms with Crippen molar-refractivity contribution in [1.82, 2.24) is 9.80 Å². The average Bonchev–Trinajstić information content (AvgIpc) is 3.63. The molecular formula is C27H29Cl2FN2O5. The third-order valence-corrected chi connectivity index (χ3v) is 7.37. The second-order valence-electron chi connectivity index (χ2n) is 9.54. The maximum absolute atomic E-state index is 14.3. The minimum atomic E-state index is -0.978. The van der Waals surface area contributed by atoms with Crippen LogP contribution in [0.5, 0.6) is 5.75 Å². The van der Waals surface area contributed by atoms with Crippen LogP contribution in [-0.2, 0) is 20.9 Å². The Labute approximate surface area is 225 Å². The Morgan fingerprint density at radius 3 is 2.46 bits per heavy atom. The van der Waals surface area contributed by atoms with E-state index >= 15 is 0 Å². The Hall–Kier alpha value is -2.68. The van der Waals surface area contributed by atoms with Crippen LogP contribution in [0.4, 0.5) is 4.39 Å². The molecule has 0 bridgehead atoms. The maximum Gasteiger partial charge on any atom is 0.305 e. The number of carbonyl (C=O) groups is 3. The highest BCUT2D eigenvalue weighted by Crippen LogP contribution is 2.36. The lowest BCUT2D eigenvalue weighted by molar-refractivity contribution is -0.140. The summed E-state index contributed by atoms with van der Waals surface area (Å²) in [7, 11) is 0. The first kappa shape index (κ1) is 27.4. The summed E-state index contributed by atoms with van der Waals surface area (Å²) < 4.78 is 20.0. The van der Waals surface area contributed by atoms with Gasteiger partial charge in [-0.2, -0.15) is 0 Å². The normalized spacial score (nSPS) is 16.5. The molecule has 1 saturated carbocycles. The number of amides is 2. The quantitative estimate of drug-likeness (QED) is 0.332. The smallest absolute Gasteiger partial charge is 0.305 e. The van der Waals surface area contributed by atoms with Gasteiger partial charge in [0.05, 0.1) is 23.0 Å². The van der Waals surface area contributed by atoms with Crippen LogP contribution in [0.25, 0.3) is 0 Å². The van der Waals surface area contributed by atoms with Crippen LogP contribution in [0.1, 0.15) is 55.7 Å². The van der Waals surface area contributed by atoms with Crippen molar-refractivity contribution in [1.29, 1.82) is 0 Å². The SMILES string of the molecule is O=C(O)C[C@@H](c1ccc(Cl)c(F)c1)N(CCC1CC1)Cc1ccc(OCCN2C(=O)CCC2=O)c(Cl)c1. The minimum Gasteiger partial charge on any atom is -0.490 e. The molecule has 1 aliphatic heterocycles. The molecule has 2 aromatic carbocycles. The molecule has 1 atom stereocenters. The summed E-state index contributed by atoms with van der Waals surface area (Å²) in [4.78, 5) is 38.5. The van der Waals surface area contributed by atoms with Crippen LogP contribution < -0.4 is 4.74 Å². The van der Waals surface area contributed by atoms with Gasteiger partial charge in [0.25, 0.3) is 0 Å². The first-order chi connectivity index (χ1) is 17.7. The third kappa shape index (κ3) is 7.43. The van der Waals surface area contributed by atoms with E-state index in [1.165, 1.54) is 29.9 Å². The summed E-state index contributed by atoms with van der Waals surface area (Å²) >= 11 is 12.3. The number of rotatable bonds is 13. The molecule has 37 heavy (non-hydrogen) atoms. The van der Waals surface area contributed by atoms with Crippen LogP contribution in [0.15, 0.2) is 36.4 Å². The molecule has 2 aliphatic rings. The summed E-state index contributed by atoms with van der Waals surface area (Å²) in [5.41, 5.74) is 1.40. The topological polar surface area (TPSA) is 87.2 Å². The van der Waals surface area contributed by atoms with Gasteiger partial charge in [0.2, 0.25) is 11.8 Å². The molecular weight excluding hydrogens is 522 g/mol. The fourth-order valence-electron chi connectivity index (χ4n) is 4.56. The fraction of sp³-hybridized carbons (Fsp3) is 0.444. The molecule has 2 fully saturated rings. The highest BCUT2D eigenvalue weighted by atomic mass is 35.5. The number of benzene rings is 2. The van der Waals surface area contributed by atoms with Crippen LogP contribution in [0.3, 0.4) is 0 Å². The van der Waals surface area contributed by atoms with E-state index in [1.807, 2.05) is 11.0 Å². The van der Waals surface area contributed by atoms with Gasteiger partial charge in [-0.15, -0.1) is 0 Å². The van der Waals surface area contributed by atoms with E-state index in [-0.39, 0.29) is 49.3 Å². The lowest BCUT2D eigenvalue weighted by Crippen LogP contribution is -2.33. The summed E-state index contributed by atoms with van der Waals surface area (Å²) in [5.74, 6) is -0.901. The van der Waals surface area contributed by atoms with Gasteiger partial charge in [0.15, 0.2) is 0 Å². The Morgan fingerprint density at radius 1 is 1.11 bits per heavy atom. The standard InChI is InChI=1S/C27H29Cl2FN2O5/c28-20-5-4-19(14-22(20)30)23(15-27(35)36)31(10-9-17-1-2-17)16-18-3-6-24(21(29)13-18)37-12-11-32-25(33)7-8-26(32)34/h3-6,13-14,17,23H,1-2,7-12,15-16H2,(H,35,36)/t23-/m0/s1. The van der Waals surface area contributed by atoms with E-state index in [0.717, 1.165) is 12.0 Å². The number of nitrogens with zero attached hydrogens (tertiary/aromatic N) is 2.